The van der Waals surface area contributed by atoms with Crippen LogP contribution in [0.4, 0.5) is 10.1 Å². The van der Waals surface area contributed by atoms with Crippen molar-refractivity contribution in [3.8, 4) is 17.0 Å². The minimum absolute atomic E-state index is 0.196. The number of alkyl halides is 1. The maximum absolute atomic E-state index is 15.7. The number of carboxylic acid groups (broad SMARTS) is 1. The van der Waals surface area contributed by atoms with Crippen molar-refractivity contribution in [3.05, 3.63) is 77.6 Å². The molecular weight excluding hydrogens is 531 g/mol. The maximum atomic E-state index is 15.7. The van der Waals surface area contributed by atoms with E-state index in [9.17, 15) is 9.90 Å². The Morgan fingerprint density at radius 3 is 2.67 bits per heavy atom. The van der Waals surface area contributed by atoms with Crippen LogP contribution >= 0.6 is 0 Å². The van der Waals surface area contributed by atoms with Crippen LogP contribution in [0.15, 0.2) is 60.9 Å². The molecule has 6 rings (SSSR count). The highest BCUT2D eigenvalue weighted by Crippen LogP contribution is 2.48. The van der Waals surface area contributed by atoms with Gasteiger partial charge in [0.15, 0.2) is 0 Å². The summed E-state index contributed by atoms with van der Waals surface area (Å²) in [7, 11) is 4.16. The van der Waals surface area contributed by atoms with Crippen molar-refractivity contribution in [2.75, 3.05) is 26.0 Å². The summed E-state index contributed by atoms with van der Waals surface area (Å²) >= 11 is 0. The van der Waals surface area contributed by atoms with Crippen LogP contribution in [0.1, 0.15) is 65.9 Å². The highest BCUT2D eigenvalue weighted by atomic mass is 19.1. The van der Waals surface area contributed by atoms with Gasteiger partial charge < -0.3 is 24.6 Å². The van der Waals surface area contributed by atoms with Crippen LogP contribution in [0, 0.1) is 0 Å². The quantitative estimate of drug-likeness (QED) is 0.235. The largest absolute Gasteiger partial charge is 0.489 e. The highest BCUT2D eigenvalue weighted by Gasteiger charge is 2.34. The number of carboxylic acids is 1. The second-order valence-corrected chi connectivity index (χ2v) is 11.9. The molecule has 1 aliphatic carbocycles. The van der Waals surface area contributed by atoms with Crippen molar-refractivity contribution in [2.24, 2.45) is 0 Å². The number of aromatic carboxylic acids is 1. The van der Waals surface area contributed by atoms with Crippen molar-refractivity contribution in [3.63, 3.8) is 0 Å². The van der Waals surface area contributed by atoms with E-state index in [1.807, 2.05) is 24.3 Å². The number of carbonyl (C=O) groups is 1. The van der Waals surface area contributed by atoms with E-state index < -0.39 is 12.1 Å². The number of fused-ring (bicyclic) bond motifs is 5. The van der Waals surface area contributed by atoms with E-state index in [0.717, 1.165) is 83.4 Å². The summed E-state index contributed by atoms with van der Waals surface area (Å²) in [6.45, 7) is 2.08. The molecule has 2 aliphatic rings. The van der Waals surface area contributed by atoms with Crippen molar-refractivity contribution < 1.29 is 19.0 Å². The number of benzene rings is 2. The summed E-state index contributed by atoms with van der Waals surface area (Å²) in [5.41, 5.74) is 6.12. The van der Waals surface area contributed by atoms with Crippen LogP contribution in [0.2, 0.25) is 0 Å². The molecule has 42 heavy (non-hydrogen) atoms. The number of rotatable bonds is 8. The van der Waals surface area contributed by atoms with Gasteiger partial charge in [-0.2, -0.15) is 0 Å². The third-order valence-electron chi connectivity index (χ3n) is 8.79. The first-order valence-corrected chi connectivity index (χ1v) is 15.0. The van der Waals surface area contributed by atoms with Gasteiger partial charge in [0, 0.05) is 59.1 Å². The number of halogens is 1. The zero-order valence-corrected chi connectivity index (χ0v) is 24.4. The third-order valence-corrected chi connectivity index (χ3v) is 8.79. The minimum atomic E-state index is -0.956. The maximum Gasteiger partial charge on any atom is 0.335 e. The summed E-state index contributed by atoms with van der Waals surface area (Å²) in [5.74, 6) is -0.432. The molecule has 0 bridgehead atoms. The number of aromatic nitrogens is 2. The fourth-order valence-electron chi connectivity index (χ4n) is 6.61. The fourth-order valence-corrected chi connectivity index (χ4v) is 6.61. The second-order valence-electron chi connectivity index (χ2n) is 11.9. The molecule has 0 saturated heterocycles. The van der Waals surface area contributed by atoms with E-state index in [2.05, 4.69) is 46.0 Å². The lowest BCUT2D eigenvalue weighted by molar-refractivity contribution is 0.0697. The van der Waals surface area contributed by atoms with Gasteiger partial charge in [0.2, 0.25) is 0 Å². The molecule has 2 aromatic heterocycles. The topological polar surface area (TPSA) is 79.6 Å². The number of aryl methyl sites for hydroxylation is 1. The number of hydrogen-bond acceptors (Lipinski definition) is 5. The number of hydrogen-bond donors (Lipinski definition) is 2. The lowest BCUT2D eigenvalue weighted by Gasteiger charge is -2.30. The van der Waals surface area contributed by atoms with Gasteiger partial charge in [0.25, 0.3) is 0 Å². The highest BCUT2D eigenvalue weighted by molar-refractivity contribution is 5.99. The molecule has 3 heterocycles. The lowest BCUT2D eigenvalue weighted by Crippen LogP contribution is -2.28. The molecule has 0 radical (unpaired) electrons. The monoisotopic (exact) mass is 570 g/mol. The summed E-state index contributed by atoms with van der Waals surface area (Å²) in [4.78, 5) is 18.3. The van der Waals surface area contributed by atoms with Crippen LogP contribution in [-0.2, 0) is 13.2 Å². The molecule has 7 nitrogen and oxygen atoms in total. The SMILES string of the molecule is CN(C)CCC1CCn2c(c(C3CCCC[C@@H]3F)c3ccc(C(=O)O)cc32)-c2ccc(OCc3ccncc3)cc2N1. The van der Waals surface area contributed by atoms with E-state index in [1.54, 1.807) is 24.5 Å². The smallest absolute Gasteiger partial charge is 0.335 e. The van der Waals surface area contributed by atoms with E-state index in [-0.39, 0.29) is 17.5 Å². The Morgan fingerprint density at radius 1 is 1.10 bits per heavy atom. The number of nitrogens with one attached hydrogen (secondary N) is 1. The predicted octanol–water partition coefficient (Wildman–Crippen LogP) is 7.11. The zero-order valence-electron chi connectivity index (χ0n) is 24.4. The van der Waals surface area contributed by atoms with Gasteiger partial charge in [-0.1, -0.05) is 18.9 Å². The van der Waals surface area contributed by atoms with Crippen LogP contribution < -0.4 is 10.1 Å². The van der Waals surface area contributed by atoms with Crippen molar-refractivity contribution in [1.29, 1.82) is 0 Å². The van der Waals surface area contributed by atoms with Crippen LogP contribution in [-0.4, -0.2) is 58.4 Å². The number of anilines is 1. The van der Waals surface area contributed by atoms with Crippen LogP contribution in [0.5, 0.6) is 5.75 Å². The first kappa shape index (κ1) is 28.2. The average Bonchev–Trinajstić information content (AvgIpc) is 3.29. The molecule has 1 aliphatic heterocycles. The van der Waals surface area contributed by atoms with E-state index in [4.69, 9.17) is 4.74 Å². The Kier molecular flexibility index (Phi) is 8.16. The fraction of sp³-hybridized carbons (Fsp3) is 0.412. The van der Waals surface area contributed by atoms with Crippen LogP contribution in [0.25, 0.3) is 22.2 Å². The number of ether oxygens (including phenoxy) is 1. The summed E-state index contributed by atoms with van der Waals surface area (Å²) in [6.07, 6.45) is 7.64. The predicted molar refractivity (Wildman–Crippen MR) is 164 cm³/mol. The van der Waals surface area contributed by atoms with Gasteiger partial charge in [0.05, 0.1) is 11.3 Å². The van der Waals surface area contributed by atoms with Crippen molar-refractivity contribution in [1.82, 2.24) is 14.5 Å². The molecule has 2 N–H and O–H groups in total. The Hall–Kier alpha value is -3.91. The molecule has 0 amide bonds. The van der Waals surface area contributed by atoms with Gasteiger partial charge in [-0.3, -0.25) is 4.98 Å². The summed E-state index contributed by atoms with van der Waals surface area (Å²) in [5, 5.41) is 14.6. The van der Waals surface area contributed by atoms with Gasteiger partial charge >= 0.3 is 5.97 Å². The van der Waals surface area contributed by atoms with Crippen molar-refractivity contribution in [2.45, 2.75) is 69.8 Å². The van der Waals surface area contributed by atoms with Gasteiger partial charge in [-0.15, -0.1) is 0 Å². The molecule has 3 atom stereocenters. The Labute approximate surface area is 246 Å². The molecule has 1 fully saturated rings. The zero-order chi connectivity index (χ0) is 29.2. The molecule has 4 aromatic rings. The average molecular weight is 571 g/mol. The number of pyridine rings is 1. The Bertz CT molecular complexity index is 1570. The van der Waals surface area contributed by atoms with Crippen LogP contribution in [0.3, 0.4) is 0 Å². The van der Waals surface area contributed by atoms with Gasteiger partial charge in [-0.05, 0) is 93.8 Å². The van der Waals surface area contributed by atoms with Gasteiger partial charge in [0.1, 0.15) is 18.5 Å². The molecule has 8 heteroatoms. The molecule has 2 unspecified atom stereocenters. The lowest BCUT2D eigenvalue weighted by atomic mass is 9.80. The normalized spacial score (nSPS) is 20.3. The van der Waals surface area contributed by atoms with E-state index in [1.165, 1.54) is 0 Å². The van der Waals surface area contributed by atoms with Gasteiger partial charge in [-0.25, -0.2) is 9.18 Å². The number of nitrogens with zero attached hydrogens (tertiary/aromatic N) is 3. The molecule has 2 aromatic carbocycles. The Balaban J connectivity index is 1.50. The second kappa shape index (κ2) is 12.1. The summed E-state index contributed by atoms with van der Waals surface area (Å²) < 4.78 is 24.2. The molecular formula is C34H39FN4O3. The standard InChI is InChI=1S/C34H39FN4O3/c1-38(2)17-13-24-14-18-39-31-19-23(34(40)41)7-9-28(31)32(26-5-3-4-6-29(26)35)33(39)27-10-8-25(20-30(27)37-24)42-21-22-11-15-36-16-12-22/h7-12,15-16,19-20,24,26,29,37H,3-6,13-14,17-18,21H2,1-2H3,(H,40,41)/t24?,26?,29-/m0/s1. The van der Waals surface area contributed by atoms with E-state index >= 15 is 4.39 Å². The van der Waals surface area contributed by atoms with E-state index in [0.29, 0.717) is 19.6 Å². The summed E-state index contributed by atoms with van der Waals surface area (Å²) in [6, 6.07) is 15.5. The first-order chi connectivity index (χ1) is 20.4. The Morgan fingerprint density at radius 2 is 1.90 bits per heavy atom. The third kappa shape index (κ3) is 5.73. The molecule has 1 saturated carbocycles. The molecule has 220 valence electrons. The molecule has 0 spiro atoms. The minimum Gasteiger partial charge on any atom is -0.489 e. The van der Waals surface area contributed by atoms with Crippen molar-refractivity contribution >= 4 is 22.6 Å². The first-order valence-electron chi connectivity index (χ1n) is 15.0.